The molecule has 3 aromatic rings. The molecular weight excluding hydrogens is 334 g/mol. The van der Waals surface area contributed by atoms with Crippen LogP contribution in [-0.2, 0) is 16.1 Å². The topological polar surface area (TPSA) is 83.3 Å². The second kappa shape index (κ2) is 8.06. The second-order valence-corrected chi connectivity index (χ2v) is 5.34. The Bertz CT molecular complexity index is 889. The summed E-state index contributed by atoms with van der Waals surface area (Å²) in [5.41, 5.74) is 1.90. The van der Waals surface area contributed by atoms with Crippen LogP contribution < -0.4 is 0 Å². The van der Waals surface area contributed by atoms with Crippen molar-refractivity contribution in [2.24, 2.45) is 0 Å². The highest BCUT2D eigenvalue weighted by Gasteiger charge is 2.12. The van der Waals surface area contributed by atoms with Crippen molar-refractivity contribution in [1.82, 2.24) is 14.5 Å². The highest BCUT2D eigenvalue weighted by Crippen LogP contribution is 2.11. The summed E-state index contributed by atoms with van der Waals surface area (Å²) in [5.74, 6) is -1.02. The molecule has 0 aliphatic carbocycles. The lowest BCUT2D eigenvalue weighted by Crippen LogP contribution is -2.09. The Morgan fingerprint density at radius 1 is 1.00 bits per heavy atom. The van der Waals surface area contributed by atoms with Gasteiger partial charge in [-0.25, -0.2) is 19.6 Å². The Hall–Kier alpha value is -3.48. The number of pyridine rings is 2. The van der Waals surface area contributed by atoms with Gasteiger partial charge >= 0.3 is 11.9 Å². The zero-order valence-electron chi connectivity index (χ0n) is 14.2. The average molecular weight is 351 g/mol. The van der Waals surface area contributed by atoms with Crippen molar-refractivity contribution in [1.29, 1.82) is 0 Å². The third-order valence-corrected chi connectivity index (χ3v) is 3.53. The van der Waals surface area contributed by atoms with Crippen molar-refractivity contribution in [3.8, 4) is 5.69 Å². The van der Waals surface area contributed by atoms with E-state index in [-0.39, 0.29) is 24.6 Å². The van der Waals surface area contributed by atoms with E-state index in [1.54, 1.807) is 31.3 Å². The summed E-state index contributed by atoms with van der Waals surface area (Å²) >= 11 is 0. The minimum Gasteiger partial charge on any atom is -0.461 e. The van der Waals surface area contributed by atoms with Gasteiger partial charge in [0, 0.05) is 36.0 Å². The first-order valence-corrected chi connectivity index (χ1v) is 8.06. The van der Waals surface area contributed by atoms with E-state index in [9.17, 15) is 9.59 Å². The van der Waals surface area contributed by atoms with Crippen molar-refractivity contribution in [3.05, 3.63) is 78.1 Å². The van der Waals surface area contributed by atoms with Crippen LogP contribution in [0.15, 0.2) is 61.2 Å². The summed E-state index contributed by atoms with van der Waals surface area (Å²) in [7, 11) is 0. The molecule has 0 fully saturated rings. The van der Waals surface area contributed by atoms with Crippen molar-refractivity contribution >= 4 is 11.9 Å². The van der Waals surface area contributed by atoms with E-state index < -0.39 is 11.9 Å². The summed E-state index contributed by atoms with van der Waals surface area (Å²) in [6.45, 7) is 2.05. The van der Waals surface area contributed by atoms with Crippen LogP contribution in [0.25, 0.3) is 5.69 Å². The fourth-order valence-electron chi connectivity index (χ4n) is 2.26. The average Bonchev–Trinajstić information content (AvgIpc) is 3.22. The quantitative estimate of drug-likeness (QED) is 0.635. The molecule has 0 N–H and O–H groups in total. The van der Waals surface area contributed by atoms with Crippen LogP contribution in [-0.4, -0.2) is 33.1 Å². The zero-order chi connectivity index (χ0) is 18.4. The van der Waals surface area contributed by atoms with Crippen LogP contribution in [0, 0.1) is 0 Å². The Balaban J connectivity index is 1.62. The van der Waals surface area contributed by atoms with Crippen molar-refractivity contribution < 1.29 is 19.1 Å². The van der Waals surface area contributed by atoms with Gasteiger partial charge in [-0.05, 0) is 37.3 Å². The third-order valence-electron chi connectivity index (χ3n) is 3.53. The van der Waals surface area contributed by atoms with Crippen LogP contribution in [0.3, 0.4) is 0 Å². The highest BCUT2D eigenvalue weighted by molar-refractivity contribution is 5.88. The maximum absolute atomic E-state index is 12.2. The number of carbonyl (C=O) groups is 2. The molecule has 0 spiro atoms. The van der Waals surface area contributed by atoms with Gasteiger partial charge in [-0.15, -0.1) is 0 Å². The molecule has 0 amide bonds. The van der Waals surface area contributed by atoms with Gasteiger partial charge in [-0.3, -0.25) is 0 Å². The van der Waals surface area contributed by atoms with Gasteiger partial charge in [-0.2, -0.15) is 0 Å². The molecule has 132 valence electrons. The van der Waals surface area contributed by atoms with Crippen LogP contribution >= 0.6 is 0 Å². The lowest BCUT2D eigenvalue weighted by Gasteiger charge is -2.07. The molecule has 7 nitrogen and oxygen atoms in total. The maximum atomic E-state index is 12.2. The molecule has 7 heteroatoms. The number of hydrogen-bond donors (Lipinski definition) is 0. The highest BCUT2D eigenvalue weighted by atomic mass is 16.5. The normalized spacial score (nSPS) is 10.3. The standard InChI is InChI=1S/C19H17N3O4/c1-2-25-18(23)16-6-5-14(12-21-16)13-26-19(24)17-11-15(7-8-20-17)22-9-3-4-10-22/h3-12H,2,13H2,1H3. The van der Waals surface area contributed by atoms with Gasteiger partial charge in [0.25, 0.3) is 0 Å². The van der Waals surface area contributed by atoms with E-state index in [1.165, 1.54) is 12.3 Å². The van der Waals surface area contributed by atoms with E-state index in [0.29, 0.717) is 5.56 Å². The molecule has 0 bridgehead atoms. The minimum absolute atomic E-state index is 0.0321. The fourth-order valence-corrected chi connectivity index (χ4v) is 2.26. The van der Waals surface area contributed by atoms with E-state index >= 15 is 0 Å². The first-order valence-electron chi connectivity index (χ1n) is 8.06. The third kappa shape index (κ3) is 4.13. The van der Waals surface area contributed by atoms with Gasteiger partial charge in [0.1, 0.15) is 18.0 Å². The van der Waals surface area contributed by atoms with Crippen molar-refractivity contribution in [2.45, 2.75) is 13.5 Å². The lowest BCUT2D eigenvalue weighted by atomic mass is 10.2. The van der Waals surface area contributed by atoms with E-state index in [2.05, 4.69) is 9.97 Å². The SMILES string of the molecule is CCOC(=O)c1ccc(COC(=O)c2cc(-n3cccc3)ccn2)cn1. The molecule has 0 aliphatic heterocycles. The molecule has 0 radical (unpaired) electrons. The molecule has 0 unspecified atom stereocenters. The maximum Gasteiger partial charge on any atom is 0.357 e. The number of ether oxygens (including phenoxy) is 2. The van der Waals surface area contributed by atoms with Crippen molar-refractivity contribution in [3.63, 3.8) is 0 Å². The molecule has 26 heavy (non-hydrogen) atoms. The molecule has 3 rings (SSSR count). The van der Waals surface area contributed by atoms with Crippen molar-refractivity contribution in [2.75, 3.05) is 6.61 Å². The van der Waals surface area contributed by atoms with Gasteiger partial charge < -0.3 is 14.0 Å². The first-order chi connectivity index (χ1) is 12.7. The number of rotatable bonds is 6. The van der Waals surface area contributed by atoms with E-state index in [4.69, 9.17) is 9.47 Å². The number of esters is 2. The van der Waals surface area contributed by atoms with Crippen LogP contribution in [0.2, 0.25) is 0 Å². The molecule has 0 saturated carbocycles. The Morgan fingerprint density at radius 3 is 2.46 bits per heavy atom. The van der Waals surface area contributed by atoms with Crippen LogP contribution in [0.1, 0.15) is 33.5 Å². The van der Waals surface area contributed by atoms with Gasteiger partial charge in [-0.1, -0.05) is 6.07 Å². The molecule has 0 aliphatic rings. The summed E-state index contributed by atoms with van der Waals surface area (Å²) in [6.07, 6.45) is 6.78. The number of nitrogens with zero attached hydrogens (tertiary/aromatic N) is 3. The van der Waals surface area contributed by atoms with Gasteiger partial charge in [0.2, 0.25) is 0 Å². The lowest BCUT2D eigenvalue weighted by molar-refractivity contribution is 0.0461. The van der Waals surface area contributed by atoms with Gasteiger partial charge in [0.15, 0.2) is 0 Å². The predicted octanol–water partition coefficient (Wildman–Crippen LogP) is 2.80. The van der Waals surface area contributed by atoms with Crippen LogP contribution in [0.4, 0.5) is 0 Å². The number of hydrogen-bond acceptors (Lipinski definition) is 6. The zero-order valence-corrected chi connectivity index (χ0v) is 14.2. The Kier molecular flexibility index (Phi) is 5.38. The minimum atomic E-state index is -0.534. The van der Waals surface area contributed by atoms with E-state index in [0.717, 1.165) is 5.69 Å². The van der Waals surface area contributed by atoms with E-state index in [1.807, 2.05) is 29.1 Å². The predicted molar refractivity (Wildman–Crippen MR) is 92.9 cm³/mol. The monoisotopic (exact) mass is 351 g/mol. The summed E-state index contributed by atoms with van der Waals surface area (Å²) in [4.78, 5) is 31.8. The second-order valence-electron chi connectivity index (χ2n) is 5.34. The molecular formula is C19H17N3O4. The first kappa shape index (κ1) is 17.3. The fraction of sp³-hybridized carbons (Fsp3) is 0.158. The van der Waals surface area contributed by atoms with Crippen LogP contribution in [0.5, 0.6) is 0 Å². The smallest absolute Gasteiger partial charge is 0.357 e. The number of aromatic nitrogens is 3. The number of carbonyl (C=O) groups excluding carboxylic acids is 2. The molecule has 3 heterocycles. The molecule has 0 aromatic carbocycles. The summed E-state index contributed by atoms with van der Waals surface area (Å²) in [5, 5.41) is 0. The summed E-state index contributed by atoms with van der Waals surface area (Å²) in [6, 6.07) is 10.4. The Morgan fingerprint density at radius 2 is 1.77 bits per heavy atom. The molecule has 3 aromatic heterocycles. The summed E-state index contributed by atoms with van der Waals surface area (Å²) < 4.78 is 12.0. The Labute approximate surface area is 150 Å². The molecule has 0 saturated heterocycles. The largest absolute Gasteiger partial charge is 0.461 e. The van der Waals surface area contributed by atoms with Gasteiger partial charge in [0.05, 0.1) is 6.61 Å². The molecule has 0 atom stereocenters.